The summed E-state index contributed by atoms with van der Waals surface area (Å²) in [5.41, 5.74) is 0.621. The molecule has 1 aromatic heterocycles. The van der Waals surface area contributed by atoms with Gasteiger partial charge in [-0.05, 0) is 19.1 Å². The summed E-state index contributed by atoms with van der Waals surface area (Å²) in [7, 11) is 0. The molecule has 0 aliphatic heterocycles. The van der Waals surface area contributed by atoms with E-state index in [0.29, 0.717) is 20.9 Å². The minimum absolute atomic E-state index is 0.189. The highest BCUT2D eigenvalue weighted by Gasteiger charge is 2.15. The van der Waals surface area contributed by atoms with Crippen LogP contribution in [-0.4, -0.2) is 16.9 Å². The first-order chi connectivity index (χ1) is 9.08. The first kappa shape index (κ1) is 14.1. The lowest BCUT2D eigenvalue weighted by Gasteiger charge is -2.15. The second kappa shape index (κ2) is 6.23. The van der Waals surface area contributed by atoms with Crippen molar-refractivity contribution < 1.29 is 4.79 Å². The molecule has 1 amide bonds. The van der Waals surface area contributed by atoms with Crippen LogP contribution in [0.2, 0.25) is 10.0 Å². The molecule has 0 saturated carbocycles. The number of benzene rings is 1. The van der Waals surface area contributed by atoms with E-state index in [2.05, 4.69) is 15.6 Å². The van der Waals surface area contributed by atoms with Gasteiger partial charge in [-0.2, -0.15) is 0 Å². The Morgan fingerprint density at radius 2 is 2.21 bits per heavy atom. The molecule has 0 unspecified atom stereocenters. The van der Waals surface area contributed by atoms with Gasteiger partial charge in [0.05, 0.1) is 15.7 Å². The van der Waals surface area contributed by atoms with E-state index >= 15 is 0 Å². The summed E-state index contributed by atoms with van der Waals surface area (Å²) in [5.74, 6) is -0.189. The van der Waals surface area contributed by atoms with E-state index in [1.807, 2.05) is 0 Å². The van der Waals surface area contributed by atoms with Gasteiger partial charge in [-0.1, -0.05) is 29.3 Å². The third kappa shape index (κ3) is 3.59. The van der Waals surface area contributed by atoms with Gasteiger partial charge < -0.3 is 10.6 Å². The van der Waals surface area contributed by atoms with Crippen LogP contribution in [0.3, 0.4) is 0 Å². The Labute approximate surface area is 124 Å². The number of anilines is 2. The van der Waals surface area contributed by atoms with Gasteiger partial charge in [0.15, 0.2) is 5.13 Å². The predicted octanol–water partition coefficient (Wildman–Crippen LogP) is 3.89. The highest BCUT2D eigenvalue weighted by atomic mass is 35.5. The lowest BCUT2D eigenvalue weighted by atomic mass is 10.2. The molecule has 4 nitrogen and oxygen atoms in total. The van der Waals surface area contributed by atoms with Crippen molar-refractivity contribution in [1.29, 1.82) is 0 Å². The molecule has 19 heavy (non-hydrogen) atoms. The van der Waals surface area contributed by atoms with Crippen LogP contribution in [-0.2, 0) is 4.79 Å². The van der Waals surface area contributed by atoms with Crippen molar-refractivity contribution in [2.24, 2.45) is 0 Å². The maximum Gasteiger partial charge on any atom is 0.248 e. The van der Waals surface area contributed by atoms with Crippen LogP contribution in [0.1, 0.15) is 6.92 Å². The maximum atomic E-state index is 11.9. The van der Waals surface area contributed by atoms with E-state index in [4.69, 9.17) is 23.2 Å². The van der Waals surface area contributed by atoms with Gasteiger partial charge in [-0.25, -0.2) is 4.98 Å². The molecule has 0 spiro atoms. The van der Waals surface area contributed by atoms with Crippen molar-refractivity contribution >= 4 is 51.3 Å². The van der Waals surface area contributed by atoms with E-state index in [9.17, 15) is 4.79 Å². The number of aromatic nitrogens is 1. The molecule has 0 aliphatic rings. The second-order valence-electron chi connectivity index (χ2n) is 3.79. The van der Waals surface area contributed by atoms with Crippen LogP contribution in [0, 0.1) is 0 Å². The third-order valence-corrected chi connectivity index (χ3v) is 3.89. The van der Waals surface area contributed by atoms with Crippen molar-refractivity contribution in [3.05, 3.63) is 39.8 Å². The maximum absolute atomic E-state index is 11.9. The van der Waals surface area contributed by atoms with E-state index in [-0.39, 0.29) is 5.91 Å². The number of hydrogen-bond acceptors (Lipinski definition) is 4. The molecule has 1 aromatic carbocycles. The lowest BCUT2D eigenvalue weighted by Crippen LogP contribution is -2.31. The van der Waals surface area contributed by atoms with Crippen molar-refractivity contribution in [2.45, 2.75) is 13.0 Å². The Morgan fingerprint density at radius 3 is 2.89 bits per heavy atom. The molecular weight excluding hydrogens is 305 g/mol. The second-order valence-corrected chi connectivity index (χ2v) is 5.47. The van der Waals surface area contributed by atoms with Gasteiger partial charge in [0.2, 0.25) is 5.91 Å². The lowest BCUT2D eigenvalue weighted by molar-refractivity contribution is -0.116. The summed E-state index contributed by atoms with van der Waals surface area (Å²) in [4.78, 5) is 15.9. The Balaban J connectivity index is 2.02. The molecule has 0 radical (unpaired) electrons. The number of carbonyl (C=O) groups is 1. The minimum Gasteiger partial charge on any atom is -0.373 e. The Morgan fingerprint density at radius 1 is 1.42 bits per heavy atom. The summed E-state index contributed by atoms with van der Waals surface area (Å²) >= 11 is 13.3. The summed E-state index contributed by atoms with van der Waals surface area (Å²) in [6.07, 6.45) is 1.63. The Bertz CT molecular complexity index is 574. The average molecular weight is 316 g/mol. The Kier molecular flexibility index (Phi) is 4.63. The number of amides is 1. The fourth-order valence-electron chi connectivity index (χ4n) is 1.41. The van der Waals surface area contributed by atoms with Crippen molar-refractivity contribution in [3.63, 3.8) is 0 Å². The van der Waals surface area contributed by atoms with Crippen molar-refractivity contribution in [2.75, 3.05) is 10.6 Å². The van der Waals surface area contributed by atoms with Gasteiger partial charge in [-0.3, -0.25) is 4.79 Å². The molecule has 0 saturated heterocycles. The van der Waals surface area contributed by atoms with Crippen LogP contribution in [0.5, 0.6) is 0 Å². The summed E-state index contributed by atoms with van der Waals surface area (Å²) in [6.45, 7) is 1.74. The van der Waals surface area contributed by atoms with Crippen molar-refractivity contribution in [3.8, 4) is 0 Å². The van der Waals surface area contributed by atoms with Crippen LogP contribution in [0.4, 0.5) is 10.8 Å². The first-order valence-electron chi connectivity index (χ1n) is 5.49. The number of thiazole rings is 1. The van der Waals surface area contributed by atoms with Gasteiger partial charge in [-0.15, -0.1) is 11.3 Å². The van der Waals surface area contributed by atoms with Crippen LogP contribution in [0.15, 0.2) is 29.8 Å². The van der Waals surface area contributed by atoms with E-state index in [1.54, 1.807) is 36.7 Å². The molecule has 1 atom stereocenters. The highest BCUT2D eigenvalue weighted by Crippen LogP contribution is 2.30. The normalized spacial score (nSPS) is 11.9. The number of nitrogens with zero attached hydrogens (tertiary/aromatic N) is 1. The molecule has 2 rings (SSSR count). The van der Waals surface area contributed by atoms with Gasteiger partial charge in [0.25, 0.3) is 0 Å². The van der Waals surface area contributed by atoms with Gasteiger partial charge in [0.1, 0.15) is 6.04 Å². The number of nitrogens with one attached hydrogen (secondary N) is 2. The fraction of sp³-hybridized carbons (Fsp3) is 0.167. The van der Waals surface area contributed by atoms with Gasteiger partial charge >= 0.3 is 0 Å². The Hall–Kier alpha value is -1.30. The van der Waals surface area contributed by atoms with Crippen LogP contribution >= 0.6 is 34.5 Å². The third-order valence-electron chi connectivity index (χ3n) is 2.38. The zero-order valence-corrected chi connectivity index (χ0v) is 12.3. The summed E-state index contributed by atoms with van der Waals surface area (Å²) < 4.78 is 0. The molecule has 0 fully saturated rings. The fourth-order valence-corrected chi connectivity index (χ4v) is 2.30. The molecular formula is C12H11Cl2N3OS. The molecule has 0 aliphatic carbocycles. The standard InChI is InChI=1S/C12H11Cl2N3OS/c1-7(11(18)17-12-15-5-6-19-12)16-9-4-2-3-8(13)10(9)14/h2-7,16H,1H3,(H,15,17,18)/t7-/m0/s1. The summed E-state index contributed by atoms with van der Waals surface area (Å²) in [5, 5.41) is 8.92. The van der Waals surface area contributed by atoms with E-state index in [1.165, 1.54) is 11.3 Å². The number of carbonyl (C=O) groups excluding carboxylic acids is 1. The monoisotopic (exact) mass is 315 g/mol. The zero-order valence-electron chi connectivity index (χ0n) is 9.98. The van der Waals surface area contributed by atoms with Crippen molar-refractivity contribution in [1.82, 2.24) is 4.98 Å². The SMILES string of the molecule is C[C@H](Nc1cccc(Cl)c1Cl)C(=O)Nc1nccs1. The minimum atomic E-state index is -0.458. The molecule has 7 heteroatoms. The predicted molar refractivity (Wildman–Crippen MR) is 80.3 cm³/mol. The van der Waals surface area contributed by atoms with Crippen LogP contribution < -0.4 is 10.6 Å². The molecule has 2 N–H and O–H groups in total. The molecule has 2 aromatic rings. The highest BCUT2D eigenvalue weighted by molar-refractivity contribution is 7.13. The zero-order chi connectivity index (χ0) is 13.8. The largest absolute Gasteiger partial charge is 0.373 e. The average Bonchev–Trinajstić information content (AvgIpc) is 2.87. The first-order valence-corrected chi connectivity index (χ1v) is 7.12. The number of halogens is 2. The molecule has 100 valence electrons. The quantitative estimate of drug-likeness (QED) is 0.900. The number of hydrogen-bond donors (Lipinski definition) is 2. The van der Waals surface area contributed by atoms with E-state index < -0.39 is 6.04 Å². The van der Waals surface area contributed by atoms with Crippen LogP contribution in [0.25, 0.3) is 0 Å². The smallest absolute Gasteiger partial charge is 0.248 e. The summed E-state index contributed by atoms with van der Waals surface area (Å²) in [6, 6.07) is 4.76. The molecule has 0 bridgehead atoms. The van der Waals surface area contributed by atoms with Gasteiger partial charge in [0, 0.05) is 11.6 Å². The van der Waals surface area contributed by atoms with E-state index in [0.717, 1.165) is 0 Å². The topological polar surface area (TPSA) is 54.0 Å². The number of rotatable bonds is 4. The molecule has 1 heterocycles.